The summed E-state index contributed by atoms with van der Waals surface area (Å²) >= 11 is 0. The standard InChI is InChI=1S/C18H36N4O3.HI/c1-3-19-17(21-14-18(6-11-23)7-12-25-15-18)20-8-9-22(10-13-24-2)16-4-5-16;/h16,23H,3-15H2,1-2H3,(H2,19,20,21);1H. The quantitative estimate of drug-likeness (QED) is 0.219. The molecule has 1 heterocycles. The van der Waals surface area contributed by atoms with Gasteiger partial charge in [-0.05, 0) is 32.6 Å². The Morgan fingerprint density at radius 1 is 1.35 bits per heavy atom. The lowest BCUT2D eigenvalue weighted by molar-refractivity contribution is 0.131. The Bertz CT molecular complexity index is 402. The molecule has 0 spiro atoms. The topological polar surface area (TPSA) is 78.4 Å². The average molecular weight is 484 g/mol. The summed E-state index contributed by atoms with van der Waals surface area (Å²) in [5.41, 5.74) is -0.00435. The average Bonchev–Trinajstić information content (AvgIpc) is 3.35. The second-order valence-electron chi connectivity index (χ2n) is 7.16. The van der Waals surface area contributed by atoms with Crippen LogP contribution in [0, 0.1) is 5.41 Å². The summed E-state index contributed by atoms with van der Waals surface area (Å²) in [4.78, 5) is 7.26. The number of rotatable bonds is 12. The predicted octanol–water partition coefficient (Wildman–Crippen LogP) is 1.06. The highest BCUT2D eigenvalue weighted by Crippen LogP contribution is 2.32. The molecule has 1 aliphatic carbocycles. The number of hydrogen-bond donors (Lipinski definition) is 3. The second-order valence-corrected chi connectivity index (χ2v) is 7.16. The molecule has 2 aliphatic rings. The fraction of sp³-hybridized carbons (Fsp3) is 0.944. The fourth-order valence-corrected chi connectivity index (χ4v) is 3.32. The van der Waals surface area contributed by atoms with E-state index in [4.69, 9.17) is 14.5 Å². The van der Waals surface area contributed by atoms with Gasteiger partial charge in [0.05, 0.1) is 19.8 Å². The smallest absolute Gasteiger partial charge is 0.191 e. The lowest BCUT2D eigenvalue weighted by Crippen LogP contribution is -2.43. The molecule has 26 heavy (non-hydrogen) atoms. The van der Waals surface area contributed by atoms with Gasteiger partial charge >= 0.3 is 0 Å². The van der Waals surface area contributed by atoms with Crippen LogP contribution in [0.1, 0.15) is 32.6 Å². The zero-order valence-corrected chi connectivity index (χ0v) is 18.7. The van der Waals surface area contributed by atoms with Crippen LogP contribution in [0.15, 0.2) is 4.99 Å². The molecule has 8 heteroatoms. The van der Waals surface area contributed by atoms with Crippen molar-refractivity contribution in [1.29, 1.82) is 0 Å². The van der Waals surface area contributed by atoms with Crippen molar-refractivity contribution in [2.45, 2.75) is 38.6 Å². The van der Waals surface area contributed by atoms with E-state index in [-0.39, 0.29) is 36.0 Å². The van der Waals surface area contributed by atoms with E-state index in [1.807, 2.05) is 0 Å². The molecule has 0 amide bonds. The zero-order valence-electron chi connectivity index (χ0n) is 16.3. The van der Waals surface area contributed by atoms with Crippen molar-refractivity contribution in [3.8, 4) is 0 Å². The van der Waals surface area contributed by atoms with Crippen LogP contribution in [0.25, 0.3) is 0 Å². The van der Waals surface area contributed by atoms with Crippen LogP contribution >= 0.6 is 24.0 Å². The lowest BCUT2D eigenvalue weighted by atomic mass is 9.84. The molecule has 0 aromatic rings. The summed E-state index contributed by atoms with van der Waals surface area (Å²) in [6.07, 6.45) is 4.34. The molecule has 1 saturated carbocycles. The van der Waals surface area contributed by atoms with Crippen LogP contribution in [0.5, 0.6) is 0 Å². The number of ether oxygens (including phenoxy) is 2. The Kier molecular flexibility index (Phi) is 12.0. The minimum Gasteiger partial charge on any atom is -0.396 e. The van der Waals surface area contributed by atoms with Gasteiger partial charge in [0.15, 0.2) is 5.96 Å². The summed E-state index contributed by atoms with van der Waals surface area (Å²) in [7, 11) is 1.76. The molecule has 1 unspecified atom stereocenters. The SMILES string of the molecule is CCNC(=NCC1(CCO)CCOC1)NCCN(CCOC)C1CC1.I. The van der Waals surface area contributed by atoms with E-state index in [2.05, 4.69) is 22.5 Å². The Labute approximate surface area is 175 Å². The number of aliphatic hydroxyl groups excluding tert-OH is 1. The highest BCUT2D eigenvalue weighted by Gasteiger charge is 2.34. The third-order valence-corrected chi connectivity index (χ3v) is 5.08. The third-order valence-electron chi connectivity index (χ3n) is 5.08. The molecule has 0 radical (unpaired) electrons. The first-order valence-electron chi connectivity index (χ1n) is 9.67. The molecule has 2 fully saturated rings. The van der Waals surface area contributed by atoms with Crippen molar-refractivity contribution in [3.05, 3.63) is 0 Å². The molecule has 1 atom stereocenters. The normalized spacial score (nSPS) is 23.2. The Morgan fingerprint density at radius 2 is 2.15 bits per heavy atom. The van der Waals surface area contributed by atoms with Gasteiger partial charge in [-0.3, -0.25) is 9.89 Å². The van der Waals surface area contributed by atoms with Gasteiger partial charge in [0, 0.05) is 58.0 Å². The number of halogens is 1. The summed E-state index contributed by atoms with van der Waals surface area (Å²) in [5.74, 6) is 0.856. The van der Waals surface area contributed by atoms with Gasteiger partial charge < -0.3 is 25.2 Å². The van der Waals surface area contributed by atoms with E-state index in [9.17, 15) is 5.11 Å². The van der Waals surface area contributed by atoms with Crippen LogP contribution in [-0.2, 0) is 9.47 Å². The van der Waals surface area contributed by atoms with Crippen molar-refractivity contribution >= 4 is 29.9 Å². The first kappa shape index (κ1) is 23.9. The number of hydrogen-bond acceptors (Lipinski definition) is 5. The largest absolute Gasteiger partial charge is 0.396 e. The molecule has 3 N–H and O–H groups in total. The highest BCUT2D eigenvalue weighted by atomic mass is 127. The Balaban J connectivity index is 0.00000338. The van der Waals surface area contributed by atoms with Crippen LogP contribution in [-0.4, -0.2) is 88.3 Å². The van der Waals surface area contributed by atoms with Crippen molar-refractivity contribution in [3.63, 3.8) is 0 Å². The number of guanidine groups is 1. The highest BCUT2D eigenvalue weighted by molar-refractivity contribution is 14.0. The van der Waals surface area contributed by atoms with Crippen LogP contribution in [0.2, 0.25) is 0 Å². The van der Waals surface area contributed by atoms with E-state index < -0.39 is 0 Å². The minimum atomic E-state index is -0.00435. The first-order valence-corrected chi connectivity index (χ1v) is 9.67. The zero-order chi connectivity index (χ0) is 18.0. The van der Waals surface area contributed by atoms with Crippen molar-refractivity contribution in [2.75, 3.05) is 66.3 Å². The van der Waals surface area contributed by atoms with Gasteiger partial charge in [0.25, 0.3) is 0 Å². The molecule has 7 nitrogen and oxygen atoms in total. The lowest BCUT2D eigenvalue weighted by Gasteiger charge is -2.25. The maximum Gasteiger partial charge on any atom is 0.191 e. The molecule has 154 valence electrons. The van der Waals surface area contributed by atoms with Gasteiger partial charge in [-0.1, -0.05) is 0 Å². The van der Waals surface area contributed by atoms with E-state index in [0.29, 0.717) is 13.2 Å². The third kappa shape index (κ3) is 8.24. The maximum atomic E-state index is 9.34. The number of aliphatic imine (C=N–C) groups is 1. The number of nitrogens with one attached hydrogen (secondary N) is 2. The van der Waals surface area contributed by atoms with Gasteiger partial charge in [0.2, 0.25) is 0 Å². The van der Waals surface area contributed by atoms with Crippen LogP contribution in [0.3, 0.4) is 0 Å². The molecule has 2 rings (SSSR count). The molecule has 1 aliphatic heterocycles. The second kappa shape index (κ2) is 13.1. The van der Waals surface area contributed by atoms with E-state index >= 15 is 0 Å². The Hall–Kier alpha value is -0.160. The summed E-state index contributed by atoms with van der Waals surface area (Å²) in [5, 5.41) is 16.1. The molecule has 1 saturated heterocycles. The Morgan fingerprint density at radius 3 is 2.73 bits per heavy atom. The summed E-state index contributed by atoms with van der Waals surface area (Å²) in [6, 6.07) is 0.736. The molecule has 0 bridgehead atoms. The molecular weight excluding hydrogens is 447 g/mol. The van der Waals surface area contributed by atoms with Gasteiger partial charge in [-0.15, -0.1) is 24.0 Å². The van der Waals surface area contributed by atoms with Crippen molar-refractivity contribution in [1.82, 2.24) is 15.5 Å². The predicted molar refractivity (Wildman–Crippen MR) is 115 cm³/mol. The molecule has 0 aromatic heterocycles. The number of nitrogens with zero attached hydrogens (tertiary/aromatic N) is 2. The van der Waals surface area contributed by atoms with Gasteiger partial charge in [0.1, 0.15) is 0 Å². The summed E-state index contributed by atoms with van der Waals surface area (Å²) in [6.45, 7) is 8.93. The van der Waals surface area contributed by atoms with Crippen molar-refractivity contribution < 1.29 is 14.6 Å². The van der Waals surface area contributed by atoms with Gasteiger partial charge in [-0.2, -0.15) is 0 Å². The number of aliphatic hydroxyl groups is 1. The summed E-state index contributed by atoms with van der Waals surface area (Å²) < 4.78 is 10.8. The molecular formula is C18H37IN4O3. The first-order chi connectivity index (χ1) is 12.2. The number of methoxy groups -OCH3 is 1. The van der Waals surface area contributed by atoms with E-state index in [0.717, 1.165) is 64.2 Å². The monoisotopic (exact) mass is 484 g/mol. The van der Waals surface area contributed by atoms with Crippen molar-refractivity contribution in [2.24, 2.45) is 10.4 Å². The maximum absolute atomic E-state index is 9.34. The van der Waals surface area contributed by atoms with Gasteiger partial charge in [-0.25, -0.2) is 0 Å². The molecule has 0 aromatic carbocycles. The van der Waals surface area contributed by atoms with E-state index in [1.54, 1.807) is 7.11 Å². The fourth-order valence-electron chi connectivity index (χ4n) is 3.32. The minimum absolute atomic E-state index is 0. The van der Waals surface area contributed by atoms with E-state index in [1.165, 1.54) is 12.8 Å². The van der Waals surface area contributed by atoms with Crippen LogP contribution in [0.4, 0.5) is 0 Å². The van der Waals surface area contributed by atoms with Crippen LogP contribution < -0.4 is 10.6 Å².